The number of ether oxygens (including phenoxy) is 1. The molecule has 0 aromatic rings. The van der Waals surface area contributed by atoms with Crippen molar-refractivity contribution in [3.05, 3.63) is 12.2 Å². The van der Waals surface area contributed by atoms with E-state index < -0.39 is 0 Å². The fraction of sp³-hybridized carbons (Fsp3) is 0.700. The fourth-order valence-corrected chi connectivity index (χ4v) is 1.51. The lowest BCUT2D eigenvalue weighted by Gasteiger charge is -2.18. The van der Waals surface area contributed by atoms with E-state index in [0.717, 1.165) is 19.3 Å². The molecule has 1 aliphatic rings. The van der Waals surface area contributed by atoms with E-state index in [1.165, 1.54) is 7.11 Å². The lowest BCUT2D eigenvalue weighted by atomic mass is 9.91. The zero-order valence-corrected chi connectivity index (χ0v) is 7.90. The third-order valence-corrected chi connectivity index (χ3v) is 2.39. The van der Waals surface area contributed by atoms with Crippen LogP contribution in [0.3, 0.4) is 0 Å². The maximum atomic E-state index is 10.8. The fourth-order valence-electron chi connectivity index (χ4n) is 1.51. The summed E-state index contributed by atoms with van der Waals surface area (Å²) in [5.41, 5.74) is 0. The zero-order valence-electron chi connectivity index (χ0n) is 7.90. The summed E-state index contributed by atoms with van der Waals surface area (Å²) in [6.07, 6.45) is 6.60. The molecular weight excluding hydrogens is 168 g/mol. The van der Waals surface area contributed by atoms with Gasteiger partial charge in [-0.3, -0.25) is 4.79 Å². The number of methoxy groups -OCH3 is 1. The molecular formula is C10H16O3. The standard InChI is InChI=1S/C10H16O3/c1-13-10(12)7-4-8-2-5-9(11)6-3-8/h2,5,8-9,11H,3-4,6-7H2,1H3. The van der Waals surface area contributed by atoms with E-state index in [-0.39, 0.29) is 12.1 Å². The van der Waals surface area contributed by atoms with Crippen LogP contribution in [0, 0.1) is 5.92 Å². The molecule has 1 N–H and O–H groups in total. The van der Waals surface area contributed by atoms with Gasteiger partial charge >= 0.3 is 5.97 Å². The molecule has 1 aliphatic carbocycles. The van der Waals surface area contributed by atoms with E-state index in [1.807, 2.05) is 12.2 Å². The molecule has 0 aromatic heterocycles. The van der Waals surface area contributed by atoms with E-state index >= 15 is 0 Å². The summed E-state index contributed by atoms with van der Waals surface area (Å²) in [7, 11) is 1.41. The van der Waals surface area contributed by atoms with Gasteiger partial charge in [-0.25, -0.2) is 0 Å². The van der Waals surface area contributed by atoms with Crippen molar-refractivity contribution < 1.29 is 14.6 Å². The Kier molecular flexibility index (Phi) is 3.96. The number of rotatable bonds is 3. The highest BCUT2D eigenvalue weighted by molar-refractivity contribution is 5.69. The van der Waals surface area contributed by atoms with Gasteiger partial charge in [0.2, 0.25) is 0 Å². The zero-order chi connectivity index (χ0) is 9.68. The highest BCUT2D eigenvalue weighted by atomic mass is 16.5. The van der Waals surface area contributed by atoms with Gasteiger partial charge in [0.25, 0.3) is 0 Å². The lowest BCUT2D eigenvalue weighted by Crippen LogP contribution is -2.13. The molecule has 2 atom stereocenters. The Labute approximate surface area is 78.4 Å². The van der Waals surface area contributed by atoms with Crippen LogP contribution < -0.4 is 0 Å². The molecule has 1 rings (SSSR count). The van der Waals surface area contributed by atoms with Crippen LogP contribution >= 0.6 is 0 Å². The Morgan fingerprint density at radius 1 is 1.54 bits per heavy atom. The van der Waals surface area contributed by atoms with Gasteiger partial charge in [0.05, 0.1) is 13.2 Å². The van der Waals surface area contributed by atoms with Crippen molar-refractivity contribution in [3.8, 4) is 0 Å². The number of aliphatic hydroxyl groups excluding tert-OH is 1. The van der Waals surface area contributed by atoms with E-state index in [2.05, 4.69) is 4.74 Å². The normalized spacial score (nSPS) is 27.2. The molecule has 0 aliphatic heterocycles. The molecule has 3 heteroatoms. The average molecular weight is 184 g/mol. The number of allylic oxidation sites excluding steroid dienone is 1. The van der Waals surface area contributed by atoms with Gasteiger partial charge in [0.1, 0.15) is 0 Å². The van der Waals surface area contributed by atoms with Crippen LogP contribution in [-0.4, -0.2) is 24.3 Å². The lowest BCUT2D eigenvalue weighted by molar-refractivity contribution is -0.140. The quantitative estimate of drug-likeness (QED) is 0.530. The predicted molar refractivity (Wildman–Crippen MR) is 49.1 cm³/mol. The molecule has 2 unspecified atom stereocenters. The largest absolute Gasteiger partial charge is 0.469 e. The minimum absolute atomic E-state index is 0.153. The summed E-state index contributed by atoms with van der Waals surface area (Å²) in [5, 5.41) is 9.17. The summed E-state index contributed by atoms with van der Waals surface area (Å²) in [5.74, 6) is 0.280. The van der Waals surface area contributed by atoms with Crippen LogP contribution in [0.15, 0.2) is 12.2 Å². The number of carbonyl (C=O) groups is 1. The number of esters is 1. The predicted octanol–water partition coefficient (Wildman–Crippen LogP) is 1.27. The number of aliphatic hydroxyl groups is 1. The van der Waals surface area contributed by atoms with Gasteiger partial charge in [-0.15, -0.1) is 0 Å². The van der Waals surface area contributed by atoms with Gasteiger partial charge in [-0.1, -0.05) is 12.2 Å². The Morgan fingerprint density at radius 2 is 2.31 bits per heavy atom. The third-order valence-electron chi connectivity index (χ3n) is 2.39. The van der Waals surface area contributed by atoms with Crippen LogP contribution in [0.1, 0.15) is 25.7 Å². The second kappa shape index (κ2) is 5.02. The number of carbonyl (C=O) groups excluding carboxylic acids is 1. The van der Waals surface area contributed by atoms with Crippen LogP contribution in [0.4, 0.5) is 0 Å². The number of hydrogen-bond donors (Lipinski definition) is 1. The van der Waals surface area contributed by atoms with E-state index in [0.29, 0.717) is 12.3 Å². The van der Waals surface area contributed by atoms with Crippen LogP contribution in [-0.2, 0) is 9.53 Å². The average Bonchev–Trinajstić information content (AvgIpc) is 2.16. The monoisotopic (exact) mass is 184 g/mol. The molecule has 0 amide bonds. The van der Waals surface area contributed by atoms with Crippen molar-refractivity contribution in [2.24, 2.45) is 5.92 Å². The molecule has 0 spiro atoms. The summed E-state index contributed by atoms with van der Waals surface area (Å²) in [6.45, 7) is 0. The van der Waals surface area contributed by atoms with Crippen LogP contribution in [0.5, 0.6) is 0 Å². The van der Waals surface area contributed by atoms with Gasteiger partial charge in [-0.05, 0) is 25.2 Å². The van der Waals surface area contributed by atoms with Crippen molar-refractivity contribution >= 4 is 5.97 Å². The molecule has 0 radical (unpaired) electrons. The Bertz CT molecular complexity index is 198. The first kappa shape index (κ1) is 10.3. The first-order valence-corrected chi connectivity index (χ1v) is 4.65. The summed E-state index contributed by atoms with van der Waals surface area (Å²) >= 11 is 0. The van der Waals surface area contributed by atoms with Gasteiger partial charge in [-0.2, -0.15) is 0 Å². The molecule has 0 saturated heterocycles. The molecule has 0 heterocycles. The van der Waals surface area contributed by atoms with Crippen molar-refractivity contribution in [3.63, 3.8) is 0 Å². The molecule has 74 valence electrons. The summed E-state index contributed by atoms with van der Waals surface area (Å²) < 4.78 is 4.55. The van der Waals surface area contributed by atoms with Crippen molar-refractivity contribution in [1.29, 1.82) is 0 Å². The molecule has 3 nitrogen and oxygen atoms in total. The summed E-state index contributed by atoms with van der Waals surface area (Å²) in [6, 6.07) is 0. The van der Waals surface area contributed by atoms with E-state index in [1.54, 1.807) is 0 Å². The van der Waals surface area contributed by atoms with Crippen molar-refractivity contribution in [2.45, 2.75) is 31.8 Å². The minimum Gasteiger partial charge on any atom is -0.469 e. The Hall–Kier alpha value is -0.830. The Balaban J connectivity index is 2.23. The SMILES string of the molecule is COC(=O)CCC1C=CC(O)CC1. The maximum absolute atomic E-state index is 10.8. The summed E-state index contributed by atoms with van der Waals surface area (Å²) in [4.78, 5) is 10.8. The highest BCUT2D eigenvalue weighted by Crippen LogP contribution is 2.21. The molecule has 0 saturated carbocycles. The Morgan fingerprint density at radius 3 is 2.85 bits per heavy atom. The first-order valence-electron chi connectivity index (χ1n) is 4.65. The van der Waals surface area contributed by atoms with Gasteiger partial charge < -0.3 is 9.84 Å². The smallest absolute Gasteiger partial charge is 0.305 e. The van der Waals surface area contributed by atoms with Gasteiger partial charge in [0.15, 0.2) is 0 Å². The topological polar surface area (TPSA) is 46.5 Å². The minimum atomic E-state index is -0.283. The second-order valence-corrected chi connectivity index (χ2v) is 3.40. The van der Waals surface area contributed by atoms with Crippen molar-refractivity contribution in [1.82, 2.24) is 0 Å². The maximum Gasteiger partial charge on any atom is 0.305 e. The van der Waals surface area contributed by atoms with E-state index in [4.69, 9.17) is 0 Å². The van der Waals surface area contributed by atoms with Gasteiger partial charge in [0, 0.05) is 6.42 Å². The molecule has 13 heavy (non-hydrogen) atoms. The highest BCUT2D eigenvalue weighted by Gasteiger charge is 2.14. The molecule has 0 aromatic carbocycles. The first-order chi connectivity index (χ1) is 6.22. The molecule has 0 fully saturated rings. The molecule has 0 bridgehead atoms. The number of hydrogen-bond acceptors (Lipinski definition) is 3. The van der Waals surface area contributed by atoms with Crippen LogP contribution in [0.2, 0.25) is 0 Å². The second-order valence-electron chi connectivity index (χ2n) is 3.40. The van der Waals surface area contributed by atoms with E-state index in [9.17, 15) is 9.90 Å². The van der Waals surface area contributed by atoms with Crippen LogP contribution in [0.25, 0.3) is 0 Å². The van der Waals surface area contributed by atoms with Crippen molar-refractivity contribution in [2.75, 3.05) is 7.11 Å². The third kappa shape index (κ3) is 3.59.